The summed E-state index contributed by atoms with van der Waals surface area (Å²) in [7, 11) is 3.98. The number of aliphatic hydroxyl groups is 1. The molecule has 1 rings (SSSR count). The number of carbonyl (C=O) groups is 1. The maximum atomic E-state index is 11.6. The minimum atomic E-state index is -0.515. The summed E-state index contributed by atoms with van der Waals surface area (Å²) in [6, 6.07) is 7.97. The lowest BCUT2D eigenvalue weighted by Gasteiger charge is -2.11. The minimum Gasteiger partial charge on any atom is -0.393 e. The quantitative estimate of drug-likeness (QED) is 0.767. The molecular formula is C16H23NO2. The predicted octanol–water partition coefficient (Wildman–Crippen LogP) is 2.89. The lowest BCUT2D eigenvalue weighted by Crippen LogP contribution is -2.11. The lowest BCUT2D eigenvalue weighted by molar-refractivity contribution is -0.116. The second kappa shape index (κ2) is 7.74. The van der Waals surface area contributed by atoms with E-state index in [4.69, 9.17) is 0 Å². The van der Waals surface area contributed by atoms with Crippen molar-refractivity contribution in [2.45, 2.75) is 32.3 Å². The Kier molecular flexibility index (Phi) is 6.30. The summed E-state index contributed by atoms with van der Waals surface area (Å²) in [4.78, 5) is 13.6. The number of benzene rings is 1. The van der Waals surface area contributed by atoms with Crippen molar-refractivity contribution in [2.75, 3.05) is 19.0 Å². The van der Waals surface area contributed by atoms with Gasteiger partial charge in [0.05, 0.1) is 6.10 Å². The molecule has 3 nitrogen and oxygen atoms in total. The Bertz CT molecular complexity index is 421. The van der Waals surface area contributed by atoms with Gasteiger partial charge in [-0.2, -0.15) is 0 Å². The van der Waals surface area contributed by atoms with Gasteiger partial charge >= 0.3 is 0 Å². The molecule has 1 unspecified atom stereocenters. The smallest absolute Gasteiger partial charge is 0.158 e. The fourth-order valence-electron chi connectivity index (χ4n) is 1.81. The van der Waals surface area contributed by atoms with Crippen molar-refractivity contribution >= 4 is 17.5 Å². The second-order valence-electron chi connectivity index (χ2n) is 4.93. The van der Waals surface area contributed by atoms with E-state index in [1.807, 2.05) is 50.2 Å². The van der Waals surface area contributed by atoms with Crippen LogP contribution in [-0.2, 0) is 4.79 Å². The highest BCUT2D eigenvalue weighted by atomic mass is 16.3. The number of hydrogen-bond donors (Lipinski definition) is 1. The van der Waals surface area contributed by atoms with Gasteiger partial charge in [0.1, 0.15) is 0 Å². The van der Waals surface area contributed by atoms with Gasteiger partial charge in [-0.15, -0.1) is 0 Å². The Morgan fingerprint density at radius 1 is 1.32 bits per heavy atom. The SMILES string of the molecule is CCCC(O)CC(=O)/C=C/c1ccc(N(C)C)cc1. The summed E-state index contributed by atoms with van der Waals surface area (Å²) in [6.45, 7) is 2.00. The maximum Gasteiger partial charge on any atom is 0.158 e. The van der Waals surface area contributed by atoms with Crippen LogP contribution in [-0.4, -0.2) is 31.1 Å². The van der Waals surface area contributed by atoms with Gasteiger partial charge < -0.3 is 10.0 Å². The van der Waals surface area contributed by atoms with Gasteiger partial charge in [-0.25, -0.2) is 0 Å². The molecule has 1 aromatic carbocycles. The first-order chi connectivity index (χ1) is 9.02. The molecule has 19 heavy (non-hydrogen) atoms. The van der Waals surface area contributed by atoms with Crippen LogP contribution in [0.5, 0.6) is 0 Å². The Labute approximate surface area is 115 Å². The molecular weight excluding hydrogens is 238 g/mol. The standard InChI is InChI=1S/C16H23NO2/c1-4-5-15(18)12-16(19)11-8-13-6-9-14(10-7-13)17(2)3/h6-11,15,18H,4-5,12H2,1-3H3/b11-8+. The summed E-state index contributed by atoms with van der Waals surface area (Å²) in [6.07, 6.45) is 4.60. The normalized spacial score (nSPS) is 12.6. The Hall–Kier alpha value is -1.61. The predicted molar refractivity (Wildman–Crippen MR) is 80.3 cm³/mol. The average Bonchev–Trinajstić information content (AvgIpc) is 2.37. The Morgan fingerprint density at radius 2 is 1.95 bits per heavy atom. The van der Waals surface area contributed by atoms with Crippen molar-refractivity contribution < 1.29 is 9.90 Å². The van der Waals surface area contributed by atoms with Crippen LogP contribution in [0.3, 0.4) is 0 Å². The first kappa shape index (κ1) is 15.4. The van der Waals surface area contributed by atoms with E-state index in [-0.39, 0.29) is 12.2 Å². The van der Waals surface area contributed by atoms with E-state index in [9.17, 15) is 9.90 Å². The molecule has 0 amide bonds. The first-order valence-electron chi connectivity index (χ1n) is 6.69. The number of aliphatic hydroxyl groups excluding tert-OH is 1. The highest BCUT2D eigenvalue weighted by molar-refractivity contribution is 5.93. The van der Waals surface area contributed by atoms with E-state index in [1.54, 1.807) is 12.2 Å². The molecule has 1 aromatic rings. The fraction of sp³-hybridized carbons (Fsp3) is 0.438. The van der Waals surface area contributed by atoms with Crippen molar-refractivity contribution in [3.8, 4) is 0 Å². The van der Waals surface area contributed by atoms with Crippen LogP contribution in [0.1, 0.15) is 31.7 Å². The monoisotopic (exact) mass is 261 g/mol. The zero-order valence-electron chi connectivity index (χ0n) is 12.0. The van der Waals surface area contributed by atoms with Gasteiger partial charge in [-0.05, 0) is 30.2 Å². The van der Waals surface area contributed by atoms with Crippen molar-refractivity contribution in [3.05, 3.63) is 35.9 Å². The summed E-state index contributed by atoms with van der Waals surface area (Å²) < 4.78 is 0. The summed E-state index contributed by atoms with van der Waals surface area (Å²) in [5, 5.41) is 9.55. The third kappa shape index (κ3) is 5.71. The number of nitrogens with zero attached hydrogens (tertiary/aromatic N) is 1. The molecule has 0 aliphatic heterocycles. The summed E-state index contributed by atoms with van der Waals surface area (Å²) >= 11 is 0. The third-order valence-corrected chi connectivity index (χ3v) is 2.93. The molecule has 0 spiro atoms. The molecule has 0 bridgehead atoms. The summed E-state index contributed by atoms with van der Waals surface area (Å²) in [5.41, 5.74) is 2.12. The van der Waals surface area contributed by atoms with Crippen LogP contribution in [0.25, 0.3) is 6.08 Å². The molecule has 0 aliphatic rings. The number of rotatable bonds is 7. The number of carbonyl (C=O) groups excluding carboxylic acids is 1. The second-order valence-corrected chi connectivity index (χ2v) is 4.93. The lowest BCUT2D eigenvalue weighted by atomic mass is 10.1. The van der Waals surface area contributed by atoms with Gasteiger partial charge in [0.2, 0.25) is 0 Å². The number of hydrogen-bond acceptors (Lipinski definition) is 3. The van der Waals surface area contributed by atoms with E-state index in [0.717, 1.165) is 17.7 Å². The fourth-order valence-corrected chi connectivity index (χ4v) is 1.81. The molecule has 0 radical (unpaired) electrons. The highest BCUT2D eigenvalue weighted by Gasteiger charge is 2.06. The number of allylic oxidation sites excluding steroid dienone is 1. The van der Waals surface area contributed by atoms with Gasteiger partial charge in [-0.1, -0.05) is 31.6 Å². The third-order valence-electron chi connectivity index (χ3n) is 2.93. The molecule has 0 saturated carbocycles. The molecule has 3 heteroatoms. The minimum absolute atomic E-state index is 0.0300. The van der Waals surface area contributed by atoms with Crippen LogP contribution in [0, 0.1) is 0 Å². The van der Waals surface area contributed by atoms with Crippen molar-refractivity contribution in [3.63, 3.8) is 0 Å². The van der Waals surface area contributed by atoms with Crippen LogP contribution in [0.2, 0.25) is 0 Å². The van der Waals surface area contributed by atoms with Gasteiger partial charge in [0, 0.05) is 26.2 Å². The number of anilines is 1. The molecule has 1 N–H and O–H groups in total. The molecule has 0 aliphatic carbocycles. The van der Waals surface area contributed by atoms with Gasteiger partial charge in [-0.3, -0.25) is 4.79 Å². The molecule has 0 saturated heterocycles. The van der Waals surface area contributed by atoms with E-state index in [2.05, 4.69) is 0 Å². The Balaban J connectivity index is 2.54. The van der Waals surface area contributed by atoms with E-state index in [0.29, 0.717) is 6.42 Å². The topological polar surface area (TPSA) is 40.5 Å². The van der Waals surface area contributed by atoms with E-state index < -0.39 is 6.10 Å². The van der Waals surface area contributed by atoms with Gasteiger partial charge in [0.15, 0.2) is 5.78 Å². The van der Waals surface area contributed by atoms with E-state index >= 15 is 0 Å². The Morgan fingerprint density at radius 3 is 2.47 bits per heavy atom. The first-order valence-corrected chi connectivity index (χ1v) is 6.69. The average molecular weight is 261 g/mol. The largest absolute Gasteiger partial charge is 0.393 e. The van der Waals surface area contributed by atoms with Crippen LogP contribution < -0.4 is 4.90 Å². The molecule has 0 fully saturated rings. The molecule has 1 atom stereocenters. The zero-order chi connectivity index (χ0) is 14.3. The van der Waals surface area contributed by atoms with Crippen molar-refractivity contribution in [1.29, 1.82) is 0 Å². The zero-order valence-corrected chi connectivity index (χ0v) is 12.0. The number of ketones is 1. The molecule has 104 valence electrons. The van der Waals surface area contributed by atoms with Crippen LogP contribution in [0.4, 0.5) is 5.69 Å². The summed E-state index contributed by atoms with van der Waals surface area (Å²) in [5.74, 6) is -0.0300. The van der Waals surface area contributed by atoms with Crippen LogP contribution in [0.15, 0.2) is 30.3 Å². The van der Waals surface area contributed by atoms with Crippen molar-refractivity contribution in [2.24, 2.45) is 0 Å². The highest BCUT2D eigenvalue weighted by Crippen LogP contribution is 2.13. The van der Waals surface area contributed by atoms with Crippen LogP contribution >= 0.6 is 0 Å². The van der Waals surface area contributed by atoms with Gasteiger partial charge in [0.25, 0.3) is 0 Å². The molecule has 0 aromatic heterocycles. The molecule has 0 heterocycles. The van der Waals surface area contributed by atoms with E-state index in [1.165, 1.54) is 0 Å². The maximum absolute atomic E-state index is 11.6. The van der Waals surface area contributed by atoms with Crippen molar-refractivity contribution in [1.82, 2.24) is 0 Å².